The first kappa shape index (κ1) is 14.2. The highest BCUT2D eigenvalue weighted by atomic mass is 79.9. The predicted octanol–water partition coefficient (Wildman–Crippen LogP) is 5.75. The summed E-state index contributed by atoms with van der Waals surface area (Å²) in [4.78, 5) is 2.32. The summed E-state index contributed by atoms with van der Waals surface area (Å²) < 4.78 is 1.09. The van der Waals surface area contributed by atoms with Gasteiger partial charge in [-0.15, -0.1) is 0 Å². The second-order valence-corrected chi connectivity index (χ2v) is 6.08. The monoisotopic (exact) mass is 339 g/mol. The van der Waals surface area contributed by atoms with E-state index in [1.54, 1.807) is 0 Å². The van der Waals surface area contributed by atoms with E-state index in [1.165, 1.54) is 22.7 Å². The summed E-state index contributed by atoms with van der Waals surface area (Å²) in [7, 11) is 0. The van der Waals surface area contributed by atoms with Gasteiger partial charge in [-0.2, -0.15) is 0 Å². The number of hydrogen-bond donors (Lipinski definition) is 0. The molecule has 0 spiro atoms. The van der Waals surface area contributed by atoms with Crippen LogP contribution in [0.3, 0.4) is 0 Å². The van der Waals surface area contributed by atoms with E-state index >= 15 is 0 Å². The number of benzene rings is 1. The number of anilines is 1. The second-order valence-electron chi connectivity index (χ2n) is 5.17. The largest absolute Gasteiger partial charge is 0.313 e. The van der Waals surface area contributed by atoms with Crippen LogP contribution in [-0.2, 0) is 0 Å². The average Bonchev–Trinajstić information content (AvgIpc) is 2.82. The van der Waals surface area contributed by atoms with Crippen molar-refractivity contribution in [3.05, 3.63) is 88.7 Å². The molecule has 3 rings (SSSR count). The van der Waals surface area contributed by atoms with E-state index in [2.05, 4.69) is 89.0 Å². The molecular weight excluding hydrogens is 322 g/mol. The SMILES string of the molecule is C=CC1=C(/C=C\C)C2CC=CC=C2N1c1cccc(Br)c1. The maximum Gasteiger partial charge on any atom is 0.0491 e. The molecule has 21 heavy (non-hydrogen) atoms. The summed E-state index contributed by atoms with van der Waals surface area (Å²) in [6.07, 6.45) is 13.9. The van der Waals surface area contributed by atoms with E-state index in [9.17, 15) is 0 Å². The van der Waals surface area contributed by atoms with Crippen molar-refractivity contribution >= 4 is 21.6 Å². The number of hydrogen-bond acceptors (Lipinski definition) is 1. The lowest BCUT2D eigenvalue weighted by Crippen LogP contribution is -2.19. The average molecular weight is 340 g/mol. The molecule has 1 aromatic rings. The van der Waals surface area contributed by atoms with Gasteiger partial charge in [-0.1, -0.05) is 52.9 Å². The van der Waals surface area contributed by atoms with Gasteiger partial charge in [-0.05, 0) is 49.3 Å². The third-order valence-electron chi connectivity index (χ3n) is 3.91. The summed E-state index contributed by atoms with van der Waals surface area (Å²) in [5.41, 5.74) is 5.04. The van der Waals surface area contributed by atoms with Gasteiger partial charge in [0.25, 0.3) is 0 Å². The van der Waals surface area contributed by atoms with E-state index < -0.39 is 0 Å². The Labute approximate surface area is 134 Å². The van der Waals surface area contributed by atoms with Crippen LogP contribution in [0, 0.1) is 5.92 Å². The standard InChI is InChI=1S/C19H18BrN/c1-3-8-16-17-11-5-6-12-19(17)21(18(16)4-2)15-10-7-9-14(20)13-15/h3-10,12-13,17H,2,11H2,1H3/b8-3-. The Hall–Kier alpha value is -1.80. The summed E-state index contributed by atoms with van der Waals surface area (Å²) >= 11 is 3.57. The molecule has 0 saturated carbocycles. The minimum atomic E-state index is 0.429. The summed E-state index contributed by atoms with van der Waals surface area (Å²) in [5, 5.41) is 0. The lowest BCUT2D eigenvalue weighted by atomic mass is 9.91. The number of rotatable bonds is 3. The van der Waals surface area contributed by atoms with E-state index in [0.29, 0.717) is 5.92 Å². The van der Waals surface area contributed by atoms with Crippen LogP contribution in [0.2, 0.25) is 0 Å². The molecule has 2 aliphatic rings. The van der Waals surface area contributed by atoms with Gasteiger partial charge < -0.3 is 4.90 Å². The molecule has 0 bridgehead atoms. The third-order valence-corrected chi connectivity index (χ3v) is 4.40. The quantitative estimate of drug-likeness (QED) is 0.678. The van der Waals surface area contributed by atoms with E-state index in [4.69, 9.17) is 0 Å². The van der Waals surface area contributed by atoms with Crippen molar-refractivity contribution in [1.29, 1.82) is 0 Å². The topological polar surface area (TPSA) is 3.24 Å². The molecular formula is C19H18BrN. The number of allylic oxidation sites excluding steroid dienone is 7. The van der Waals surface area contributed by atoms with Crippen LogP contribution in [0.5, 0.6) is 0 Å². The molecule has 0 amide bonds. The van der Waals surface area contributed by atoms with E-state index in [-0.39, 0.29) is 0 Å². The Bertz CT molecular complexity index is 691. The zero-order valence-corrected chi connectivity index (χ0v) is 13.7. The normalized spacial score (nSPS) is 21.0. The molecule has 1 aliphatic heterocycles. The van der Waals surface area contributed by atoms with Crippen LogP contribution in [-0.4, -0.2) is 0 Å². The van der Waals surface area contributed by atoms with Crippen LogP contribution >= 0.6 is 15.9 Å². The molecule has 1 aromatic carbocycles. The minimum absolute atomic E-state index is 0.429. The van der Waals surface area contributed by atoms with Crippen LogP contribution in [0.25, 0.3) is 0 Å². The van der Waals surface area contributed by atoms with Crippen LogP contribution < -0.4 is 4.90 Å². The molecule has 1 aliphatic carbocycles. The lowest BCUT2D eigenvalue weighted by molar-refractivity contribution is 0.749. The first-order valence-electron chi connectivity index (χ1n) is 7.18. The van der Waals surface area contributed by atoms with Crippen LogP contribution in [0.15, 0.2) is 88.7 Å². The lowest BCUT2D eigenvalue weighted by Gasteiger charge is -2.26. The van der Waals surface area contributed by atoms with Crippen molar-refractivity contribution < 1.29 is 0 Å². The fourth-order valence-electron chi connectivity index (χ4n) is 3.08. The number of fused-ring (bicyclic) bond motifs is 1. The van der Waals surface area contributed by atoms with Crippen molar-refractivity contribution in [3.63, 3.8) is 0 Å². The Balaban J connectivity index is 2.18. The molecule has 106 valence electrons. The van der Waals surface area contributed by atoms with Crippen LogP contribution in [0.1, 0.15) is 13.3 Å². The van der Waals surface area contributed by atoms with E-state index in [0.717, 1.165) is 10.9 Å². The van der Waals surface area contributed by atoms with Gasteiger partial charge in [-0.25, -0.2) is 0 Å². The number of halogens is 1. The summed E-state index contributed by atoms with van der Waals surface area (Å²) in [6, 6.07) is 8.42. The Kier molecular flexibility index (Phi) is 3.98. The first-order chi connectivity index (χ1) is 10.3. The molecule has 0 radical (unpaired) electrons. The Morgan fingerprint density at radius 2 is 2.24 bits per heavy atom. The maximum absolute atomic E-state index is 4.04. The second kappa shape index (κ2) is 5.90. The molecule has 1 unspecified atom stereocenters. The van der Waals surface area contributed by atoms with Gasteiger partial charge >= 0.3 is 0 Å². The Morgan fingerprint density at radius 3 is 2.95 bits per heavy atom. The van der Waals surface area contributed by atoms with Gasteiger partial charge in [0.1, 0.15) is 0 Å². The molecule has 2 heteroatoms. The van der Waals surface area contributed by atoms with Crippen molar-refractivity contribution in [1.82, 2.24) is 0 Å². The fraction of sp³-hybridized carbons (Fsp3) is 0.158. The number of nitrogens with zero attached hydrogens (tertiary/aromatic N) is 1. The minimum Gasteiger partial charge on any atom is -0.313 e. The molecule has 0 saturated heterocycles. The van der Waals surface area contributed by atoms with Gasteiger partial charge in [0, 0.05) is 27.5 Å². The fourth-order valence-corrected chi connectivity index (χ4v) is 3.46. The molecule has 1 nitrogen and oxygen atoms in total. The zero-order chi connectivity index (χ0) is 14.8. The first-order valence-corrected chi connectivity index (χ1v) is 7.97. The zero-order valence-electron chi connectivity index (χ0n) is 12.1. The molecule has 1 heterocycles. The molecule has 0 N–H and O–H groups in total. The van der Waals surface area contributed by atoms with Crippen molar-refractivity contribution in [2.75, 3.05) is 4.90 Å². The molecule has 0 fully saturated rings. The van der Waals surface area contributed by atoms with E-state index in [1.807, 2.05) is 6.08 Å². The summed E-state index contributed by atoms with van der Waals surface area (Å²) in [6.45, 7) is 6.11. The molecule has 1 atom stereocenters. The van der Waals surface area contributed by atoms with Gasteiger partial charge in [0.15, 0.2) is 0 Å². The highest BCUT2D eigenvalue weighted by molar-refractivity contribution is 9.10. The van der Waals surface area contributed by atoms with Crippen molar-refractivity contribution in [2.24, 2.45) is 5.92 Å². The maximum atomic E-state index is 4.04. The van der Waals surface area contributed by atoms with Crippen LogP contribution in [0.4, 0.5) is 5.69 Å². The van der Waals surface area contributed by atoms with Gasteiger partial charge in [0.05, 0.1) is 0 Å². The third kappa shape index (κ3) is 2.44. The van der Waals surface area contributed by atoms with Crippen molar-refractivity contribution in [3.8, 4) is 0 Å². The Morgan fingerprint density at radius 1 is 1.38 bits per heavy atom. The van der Waals surface area contributed by atoms with Crippen molar-refractivity contribution in [2.45, 2.75) is 13.3 Å². The summed E-state index contributed by atoms with van der Waals surface area (Å²) in [5.74, 6) is 0.429. The highest BCUT2D eigenvalue weighted by Gasteiger charge is 2.34. The predicted molar refractivity (Wildman–Crippen MR) is 94.0 cm³/mol. The smallest absolute Gasteiger partial charge is 0.0491 e. The van der Waals surface area contributed by atoms with Gasteiger partial charge in [-0.3, -0.25) is 0 Å². The molecule has 0 aromatic heterocycles. The highest BCUT2D eigenvalue weighted by Crippen LogP contribution is 2.45. The van der Waals surface area contributed by atoms with Gasteiger partial charge in [0.2, 0.25) is 0 Å².